The van der Waals surface area contributed by atoms with Crippen LogP contribution in [-0.4, -0.2) is 20.2 Å². The van der Waals surface area contributed by atoms with Gasteiger partial charge in [0.15, 0.2) is 0 Å². The molecule has 1 heterocycles. The van der Waals surface area contributed by atoms with E-state index in [9.17, 15) is 14.4 Å². The Morgan fingerprint density at radius 2 is 1.77 bits per heavy atom. The molecule has 0 fully saturated rings. The lowest BCUT2D eigenvalue weighted by molar-refractivity contribution is 0.0706. The number of carbonyl (C=O) groups excluding carboxylic acids is 1. The van der Waals surface area contributed by atoms with E-state index in [4.69, 9.17) is 5.21 Å². The van der Waals surface area contributed by atoms with Gasteiger partial charge in [0, 0.05) is 12.1 Å². The molecule has 4 rings (SSSR count). The Morgan fingerprint density at radius 3 is 2.48 bits per heavy atom. The molecule has 3 aromatic rings. The molecule has 0 atom stereocenters. The van der Waals surface area contributed by atoms with Crippen molar-refractivity contribution in [3.05, 3.63) is 92.1 Å². The molecule has 1 aromatic heterocycles. The van der Waals surface area contributed by atoms with Crippen LogP contribution >= 0.6 is 0 Å². The summed E-state index contributed by atoms with van der Waals surface area (Å²) >= 11 is 0. The van der Waals surface area contributed by atoms with E-state index < -0.39 is 5.91 Å². The minimum Gasteiger partial charge on any atom is -0.289 e. The maximum Gasteiger partial charge on any atom is 0.331 e. The first-order valence-electron chi connectivity index (χ1n) is 10.5. The summed E-state index contributed by atoms with van der Waals surface area (Å²) in [5, 5.41) is 9.28. The second-order valence-electron chi connectivity index (χ2n) is 7.84. The number of aromatic nitrogens is 2. The average Bonchev–Trinajstić information content (AvgIpc) is 2.82. The Morgan fingerprint density at radius 1 is 1.00 bits per heavy atom. The normalized spacial score (nSPS) is 13.8. The first-order valence-corrected chi connectivity index (χ1v) is 10.5. The summed E-state index contributed by atoms with van der Waals surface area (Å²) in [4.78, 5) is 37.9. The first kappa shape index (κ1) is 20.8. The highest BCUT2D eigenvalue weighted by Gasteiger charge is 2.14. The highest BCUT2D eigenvalue weighted by atomic mass is 16.5. The third-order valence-corrected chi connectivity index (χ3v) is 5.83. The molecule has 7 nitrogen and oxygen atoms in total. The van der Waals surface area contributed by atoms with E-state index in [1.165, 1.54) is 16.6 Å². The molecular formula is C24H25N3O4. The van der Waals surface area contributed by atoms with Crippen molar-refractivity contribution in [2.75, 3.05) is 0 Å². The summed E-state index contributed by atoms with van der Waals surface area (Å²) in [6.07, 6.45) is 7.40. The number of hydrogen-bond acceptors (Lipinski definition) is 4. The van der Waals surface area contributed by atoms with Gasteiger partial charge in [0.25, 0.3) is 11.5 Å². The minimum absolute atomic E-state index is 0.261. The summed E-state index contributed by atoms with van der Waals surface area (Å²) in [5.74, 6) is -0.597. The van der Waals surface area contributed by atoms with E-state index in [1.807, 2.05) is 6.07 Å². The zero-order valence-electron chi connectivity index (χ0n) is 17.2. The van der Waals surface area contributed by atoms with Gasteiger partial charge in [-0.2, -0.15) is 0 Å². The van der Waals surface area contributed by atoms with Gasteiger partial charge in [0.05, 0.1) is 17.4 Å². The molecule has 1 aliphatic rings. The first-order chi connectivity index (χ1) is 15.1. The number of benzene rings is 2. The van der Waals surface area contributed by atoms with Crippen LogP contribution < -0.4 is 16.7 Å². The van der Waals surface area contributed by atoms with Gasteiger partial charge in [-0.05, 0) is 61.9 Å². The van der Waals surface area contributed by atoms with Crippen LogP contribution in [0.2, 0.25) is 0 Å². The largest absolute Gasteiger partial charge is 0.331 e. The fraction of sp³-hybridized carbons (Fsp3) is 0.292. The van der Waals surface area contributed by atoms with Crippen LogP contribution in [0.5, 0.6) is 0 Å². The molecule has 1 aliphatic carbocycles. The van der Waals surface area contributed by atoms with Crippen LogP contribution in [0.15, 0.2) is 69.8 Å². The Kier molecular flexibility index (Phi) is 6.13. The lowest BCUT2D eigenvalue weighted by Gasteiger charge is -2.16. The highest BCUT2D eigenvalue weighted by Crippen LogP contribution is 2.20. The van der Waals surface area contributed by atoms with Crippen molar-refractivity contribution in [2.45, 2.75) is 45.2 Å². The second kappa shape index (κ2) is 9.14. The van der Waals surface area contributed by atoms with E-state index >= 15 is 0 Å². The number of allylic oxidation sites excluding steroid dienone is 2. The summed E-state index contributed by atoms with van der Waals surface area (Å²) in [6, 6.07) is 13.8. The molecule has 2 N–H and O–H groups in total. The molecule has 0 saturated carbocycles. The number of amides is 1. The standard InChI is InChI=1S/C24H25N3O4/c28-22(25-31)19-12-10-18(11-13-19)16-27-21-9-5-4-8-20(21)23(29)26(24(27)30)15-14-17-6-2-1-3-7-17/h4-6,8-13,31H,1-3,7,14-16H2,(H,25,28). The maximum absolute atomic E-state index is 13.3. The van der Waals surface area contributed by atoms with Crippen LogP contribution in [-0.2, 0) is 13.1 Å². The van der Waals surface area contributed by atoms with Gasteiger partial charge in [-0.1, -0.05) is 35.9 Å². The number of para-hydroxylation sites is 1. The summed E-state index contributed by atoms with van der Waals surface area (Å²) in [7, 11) is 0. The van der Waals surface area contributed by atoms with Crippen molar-refractivity contribution in [1.29, 1.82) is 0 Å². The van der Waals surface area contributed by atoms with Crippen molar-refractivity contribution in [3.63, 3.8) is 0 Å². The molecule has 0 bridgehead atoms. The number of carbonyl (C=O) groups is 1. The topological polar surface area (TPSA) is 93.3 Å². The Bertz CT molecular complexity index is 1250. The van der Waals surface area contributed by atoms with Crippen molar-refractivity contribution in [2.24, 2.45) is 0 Å². The molecule has 31 heavy (non-hydrogen) atoms. The number of nitrogens with one attached hydrogen (secondary N) is 1. The molecule has 7 heteroatoms. The van der Waals surface area contributed by atoms with Gasteiger partial charge in [-0.3, -0.25) is 23.9 Å². The van der Waals surface area contributed by atoms with E-state index in [0.717, 1.165) is 24.8 Å². The van der Waals surface area contributed by atoms with Gasteiger partial charge in [-0.15, -0.1) is 0 Å². The molecule has 2 aromatic carbocycles. The number of nitrogens with zero attached hydrogens (tertiary/aromatic N) is 2. The number of rotatable bonds is 6. The van der Waals surface area contributed by atoms with Gasteiger partial charge in [-0.25, -0.2) is 10.3 Å². The van der Waals surface area contributed by atoms with E-state index in [-0.39, 0.29) is 17.8 Å². The SMILES string of the molecule is O=C(NO)c1ccc(Cn2c(=O)n(CCC3=CCCCC3)c(=O)c3ccccc32)cc1. The zero-order chi connectivity index (χ0) is 21.8. The predicted octanol–water partition coefficient (Wildman–Crippen LogP) is 3.22. The van der Waals surface area contributed by atoms with Crippen LogP contribution in [0.1, 0.15) is 48.0 Å². The third kappa shape index (κ3) is 4.36. The summed E-state index contributed by atoms with van der Waals surface area (Å²) in [5.41, 5.74) is 4.03. The molecule has 0 saturated heterocycles. The van der Waals surface area contributed by atoms with Gasteiger partial charge >= 0.3 is 5.69 Å². The summed E-state index contributed by atoms with van der Waals surface area (Å²) in [6.45, 7) is 0.632. The Hall–Kier alpha value is -3.45. The highest BCUT2D eigenvalue weighted by molar-refractivity contribution is 5.93. The smallest absolute Gasteiger partial charge is 0.289 e. The van der Waals surface area contributed by atoms with E-state index in [2.05, 4.69) is 6.08 Å². The maximum atomic E-state index is 13.3. The van der Waals surface area contributed by atoms with E-state index in [0.29, 0.717) is 29.4 Å². The molecular weight excluding hydrogens is 394 g/mol. The van der Waals surface area contributed by atoms with Gasteiger partial charge in [0.2, 0.25) is 0 Å². The molecule has 0 spiro atoms. The van der Waals surface area contributed by atoms with Crippen molar-refractivity contribution >= 4 is 16.8 Å². The lowest BCUT2D eigenvalue weighted by atomic mass is 9.97. The average molecular weight is 419 g/mol. The molecule has 0 radical (unpaired) electrons. The van der Waals surface area contributed by atoms with Crippen LogP contribution in [0.4, 0.5) is 0 Å². The molecule has 1 amide bonds. The fourth-order valence-corrected chi connectivity index (χ4v) is 4.12. The molecule has 0 unspecified atom stereocenters. The fourth-order valence-electron chi connectivity index (χ4n) is 4.12. The minimum atomic E-state index is -0.597. The number of hydroxylamine groups is 1. The van der Waals surface area contributed by atoms with Crippen LogP contribution in [0.3, 0.4) is 0 Å². The predicted molar refractivity (Wildman–Crippen MR) is 118 cm³/mol. The van der Waals surface area contributed by atoms with Crippen LogP contribution in [0, 0.1) is 0 Å². The van der Waals surface area contributed by atoms with Gasteiger partial charge in [0.1, 0.15) is 0 Å². The Labute approximate surface area is 179 Å². The second-order valence-corrected chi connectivity index (χ2v) is 7.84. The zero-order valence-corrected chi connectivity index (χ0v) is 17.2. The van der Waals surface area contributed by atoms with Gasteiger partial charge < -0.3 is 0 Å². The van der Waals surface area contributed by atoms with Crippen molar-refractivity contribution in [1.82, 2.24) is 14.6 Å². The Balaban J connectivity index is 1.72. The quantitative estimate of drug-likeness (QED) is 0.364. The number of hydrogen-bond donors (Lipinski definition) is 2. The van der Waals surface area contributed by atoms with Crippen LogP contribution in [0.25, 0.3) is 10.9 Å². The molecule has 160 valence electrons. The third-order valence-electron chi connectivity index (χ3n) is 5.83. The molecule has 0 aliphatic heterocycles. The van der Waals surface area contributed by atoms with Crippen molar-refractivity contribution in [3.8, 4) is 0 Å². The number of fused-ring (bicyclic) bond motifs is 1. The van der Waals surface area contributed by atoms with E-state index in [1.54, 1.807) is 52.5 Å². The summed E-state index contributed by atoms with van der Waals surface area (Å²) < 4.78 is 2.94. The monoisotopic (exact) mass is 419 g/mol. The lowest BCUT2D eigenvalue weighted by Crippen LogP contribution is -2.40. The van der Waals surface area contributed by atoms with Crippen molar-refractivity contribution < 1.29 is 10.0 Å².